The maximum absolute atomic E-state index is 11.9. The fourth-order valence-corrected chi connectivity index (χ4v) is 1.45. The number of carboxylic acids is 1. The first-order chi connectivity index (χ1) is 7.65. The predicted molar refractivity (Wildman–Crippen MR) is 60.3 cm³/mol. The molecule has 0 heterocycles. The van der Waals surface area contributed by atoms with Crippen molar-refractivity contribution in [2.75, 3.05) is 13.1 Å². The van der Waals surface area contributed by atoms with Crippen molar-refractivity contribution in [3.8, 4) is 0 Å². The molecule has 0 bridgehead atoms. The smallest absolute Gasteiger partial charge is 0.323 e. The number of amides is 1. The van der Waals surface area contributed by atoms with Crippen LogP contribution in [-0.2, 0) is 4.79 Å². The SMILES string of the molecule is CCCN(CC(=O)O)C(=O)c1ccccc1. The van der Waals surface area contributed by atoms with E-state index in [1.165, 1.54) is 4.90 Å². The predicted octanol–water partition coefficient (Wildman–Crippen LogP) is 1.62. The Hall–Kier alpha value is -1.84. The van der Waals surface area contributed by atoms with Crippen LogP contribution in [0.2, 0.25) is 0 Å². The molecular formula is C12H15NO3. The molecule has 86 valence electrons. The second-order valence-corrected chi connectivity index (χ2v) is 3.49. The van der Waals surface area contributed by atoms with Gasteiger partial charge in [-0.15, -0.1) is 0 Å². The lowest BCUT2D eigenvalue weighted by molar-refractivity contribution is -0.137. The van der Waals surface area contributed by atoms with Crippen molar-refractivity contribution in [3.05, 3.63) is 35.9 Å². The van der Waals surface area contributed by atoms with E-state index in [4.69, 9.17) is 5.11 Å². The lowest BCUT2D eigenvalue weighted by Crippen LogP contribution is -2.36. The summed E-state index contributed by atoms with van der Waals surface area (Å²) in [5.41, 5.74) is 0.525. The first kappa shape index (κ1) is 12.2. The molecule has 0 aliphatic carbocycles. The summed E-state index contributed by atoms with van der Waals surface area (Å²) in [6.07, 6.45) is 0.742. The largest absolute Gasteiger partial charge is 0.480 e. The minimum absolute atomic E-state index is 0.232. The van der Waals surface area contributed by atoms with Gasteiger partial charge in [0.15, 0.2) is 0 Å². The average molecular weight is 221 g/mol. The number of hydrogen-bond donors (Lipinski definition) is 1. The Bertz CT molecular complexity index is 362. The number of carbonyl (C=O) groups is 2. The Labute approximate surface area is 94.5 Å². The molecule has 1 N–H and O–H groups in total. The zero-order chi connectivity index (χ0) is 12.0. The van der Waals surface area contributed by atoms with Gasteiger partial charge >= 0.3 is 5.97 Å². The van der Waals surface area contributed by atoms with Gasteiger partial charge in [0.05, 0.1) is 0 Å². The Balaban J connectivity index is 2.78. The van der Waals surface area contributed by atoms with E-state index in [-0.39, 0.29) is 12.5 Å². The van der Waals surface area contributed by atoms with Gasteiger partial charge in [0.2, 0.25) is 0 Å². The van der Waals surface area contributed by atoms with E-state index in [2.05, 4.69) is 0 Å². The molecule has 0 fully saturated rings. The van der Waals surface area contributed by atoms with E-state index < -0.39 is 5.97 Å². The number of rotatable bonds is 5. The Morgan fingerprint density at radius 2 is 1.88 bits per heavy atom. The molecule has 0 radical (unpaired) electrons. The number of carboxylic acid groups (broad SMARTS) is 1. The third-order valence-electron chi connectivity index (χ3n) is 2.13. The molecule has 0 saturated carbocycles. The van der Waals surface area contributed by atoms with Crippen LogP contribution in [0.15, 0.2) is 30.3 Å². The quantitative estimate of drug-likeness (QED) is 0.822. The zero-order valence-electron chi connectivity index (χ0n) is 9.22. The summed E-state index contributed by atoms with van der Waals surface area (Å²) in [7, 11) is 0. The molecule has 1 aromatic rings. The molecule has 0 atom stereocenters. The third-order valence-corrected chi connectivity index (χ3v) is 2.13. The highest BCUT2D eigenvalue weighted by molar-refractivity contribution is 5.95. The first-order valence-corrected chi connectivity index (χ1v) is 5.21. The van der Waals surface area contributed by atoms with Crippen molar-refractivity contribution in [1.82, 2.24) is 4.90 Å². The second-order valence-electron chi connectivity index (χ2n) is 3.49. The standard InChI is InChI=1S/C12H15NO3/c1-2-8-13(9-11(14)15)12(16)10-6-4-3-5-7-10/h3-7H,2,8-9H2,1H3,(H,14,15). The van der Waals surface area contributed by atoms with Crippen molar-refractivity contribution in [2.24, 2.45) is 0 Å². The molecule has 4 nitrogen and oxygen atoms in total. The summed E-state index contributed by atoms with van der Waals surface area (Å²) < 4.78 is 0. The number of aliphatic carboxylic acids is 1. The van der Waals surface area contributed by atoms with Gasteiger partial charge in [-0.3, -0.25) is 9.59 Å². The monoisotopic (exact) mass is 221 g/mol. The molecule has 0 aliphatic rings. The minimum Gasteiger partial charge on any atom is -0.480 e. The first-order valence-electron chi connectivity index (χ1n) is 5.21. The van der Waals surface area contributed by atoms with Crippen LogP contribution in [-0.4, -0.2) is 35.0 Å². The van der Waals surface area contributed by atoms with Crippen molar-refractivity contribution in [1.29, 1.82) is 0 Å². The van der Waals surface area contributed by atoms with E-state index in [0.29, 0.717) is 12.1 Å². The molecule has 0 saturated heterocycles. The molecule has 4 heteroatoms. The van der Waals surface area contributed by atoms with Gasteiger partial charge in [-0.05, 0) is 18.6 Å². The molecule has 1 amide bonds. The van der Waals surface area contributed by atoms with E-state index in [1.54, 1.807) is 24.3 Å². The molecule has 0 aromatic heterocycles. The zero-order valence-corrected chi connectivity index (χ0v) is 9.22. The Morgan fingerprint density at radius 1 is 1.25 bits per heavy atom. The Kier molecular flexibility index (Phi) is 4.51. The van der Waals surface area contributed by atoms with Crippen LogP contribution in [0.3, 0.4) is 0 Å². The number of nitrogens with zero attached hydrogens (tertiary/aromatic N) is 1. The van der Waals surface area contributed by atoms with E-state index in [1.807, 2.05) is 13.0 Å². The number of hydrogen-bond acceptors (Lipinski definition) is 2. The molecule has 0 spiro atoms. The highest BCUT2D eigenvalue weighted by Gasteiger charge is 2.16. The molecule has 0 aliphatic heterocycles. The molecule has 1 aromatic carbocycles. The maximum Gasteiger partial charge on any atom is 0.323 e. The lowest BCUT2D eigenvalue weighted by Gasteiger charge is -2.19. The van der Waals surface area contributed by atoms with Crippen LogP contribution in [0.25, 0.3) is 0 Å². The van der Waals surface area contributed by atoms with Gasteiger partial charge in [-0.25, -0.2) is 0 Å². The van der Waals surface area contributed by atoms with Crippen molar-refractivity contribution in [3.63, 3.8) is 0 Å². The van der Waals surface area contributed by atoms with Gasteiger partial charge < -0.3 is 10.0 Å². The minimum atomic E-state index is -0.988. The fourth-order valence-electron chi connectivity index (χ4n) is 1.45. The number of benzene rings is 1. The normalized spacial score (nSPS) is 9.81. The summed E-state index contributed by atoms with van der Waals surface area (Å²) >= 11 is 0. The van der Waals surface area contributed by atoms with Gasteiger partial charge in [0.1, 0.15) is 6.54 Å². The summed E-state index contributed by atoms with van der Waals surface area (Å²) in [6, 6.07) is 8.72. The average Bonchev–Trinajstić information content (AvgIpc) is 2.28. The maximum atomic E-state index is 11.9. The topological polar surface area (TPSA) is 57.6 Å². The highest BCUT2D eigenvalue weighted by atomic mass is 16.4. The highest BCUT2D eigenvalue weighted by Crippen LogP contribution is 2.05. The summed E-state index contributed by atoms with van der Waals surface area (Å²) in [6.45, 7) is 2.12. The van der Waals surface area contributed by atoms with Crippen LogP contribution in [0, 0.1) is 0 Å². The fraction of sp³-hybridized carbons (Fsp3) is 0.333. The van der Waals surface area contributed by atoms with Gasteiger partial charge in [-0.1, -0.05) is 25.1 Å². The Morgan fingerprint density at radius 3 is 2.38 bits per heavy atom. The second kappa shape index (κ2) is 5.90. The summed E-state index contributed by atoms with van der Waals surface area (Å²) in [4.78, 5) is 23.9. The van der Waals surface area contributed by atoms with Crippen molar-refractivity contribution >= 4 is 11.9 Å². The molecule has 0 unspecified atom stereocenters. The summed E-state index contributed by atoms with van der Waals surface area (Å²) in [5.74, 6) is -1.22. The van der Waals surface area contributed by atoms with E-state index >= 15 is 0 Å². The van der Waals surface area contributed by atoms with Gasteiger partial charge in [-0.2, -0.15) is 0 Å². The van der Waals surface area contributed by atoms with Crippen LogP contribution < -0.4 is 0 Å². The lowest BCUT2D eigenvalue weighted by atomic mass is 10.2. The molecule has 1 rings (SSSR count). The summed E-state index contributed by atoms with van der Waals surface area (Å²) in [5, 5.41) is 8.71. The van der Waals surface area contributed by atoms with Gasteiger partial charge in [0, 0.05) is 12.1 Å². The van der Waals surface area contributed by atoms with Crippen molar-refractivity contribution in [2.45, 2.75) is 13.3 Å². The molecule has 16 heavy (non-hydrogen) atoms. The van der Waals surface area contributed by atoms with Gasteiger partial charge in [0.25, 0.3) is 5.91 Å². The van der Waals surface area contributed by atoms with Crippen LogP contribution in [0.5, 0.6) is 0 Å². The van der Waals surface area contributed by atoms with Crippen LogP contribution >= 0.6 is 0 Å². The van der Waals surface area contributed by atoms with E-state index in [9.17, 15) is 9.59 Å². The van der Waals surface area contributed by atoms with Crippen molar-refractivity contribution < 1.29 is 14.7 Å². The van der Waals surface area contributed by atoms with Crippen LogP contribution in [0.4, 0.5) is 0 Å². The van der Waals surface area contributed by atoms with E-state index in [0.717, 1.165) is 6.42 Å². The molecular weight excluding hydrogens is 206 g/mol. The third kappa shape index (κ3) is 3.38. The van der Waals surface area contributed by atoms with Crippen LogP contribution in [0.1, 0.15) is 23.7 Å². The number of carbonyl (C=O) groups excluding carboxylic acids is 1.